The maximum Gasteiger partial charge on any atom is 0.164 e. The number of hydrogen-bond acceptors (Lipinski definition) is 4. The molecule has 0 aliphatic rings. The van der Waals surface area contributed by atoms with Gasteiger partial charge in [0.1, 0.15) is 11.2 Å². The second kappa shape index (κ2) is 12.2. The lowest BCUT2D eigenvalue weighted by Gasteiger charge is -2.12. The molecule has 4 heteroatoms. The minimum atomic E-state index is 0.602. The monoisotopic (exact) mass is 627 g/mol. The Morgan fingerprint density at radius 3 is 1.39 bits per heavy atom. The van der Waals surface area contributed by atoms with Gasteiger partial charge >= 0.3 is 0 Å². The molecule has 0 aliphatic heterocycles. The highest BCUT2D eigenvalue weighted by Crippen LogP contribution is 2.38. The van der Waals surface area contributed by atoms with E-state index in [1.54, 1.807) is 0 Å². The van der Waals surface area contributed by atoms with E-state index in [-0.39, 0.29) is 0 Å². The van der Waals surface area contributed by atoms with Crippen LogP contribution in [0, 0.1) is 0 Å². The first-order chi connectivity index (χ1) is 24.3. The molecule has 0 N–H and O–H groups in total. The van der Waals surface area contributed by atoms with Gasteiger partial charge in [-0.05, 0) is 64.2 Å². The third kappa shape index (κ3) is 5.45. The second-order valence-electron chi connectivity index (χ2n) is 12.1. The molecule has 230 valence electrons. The van der Waals surface area contributed by atoms with Gasteiger partial charge in [-0.25, -0.2) is 15.0 Å². The van der Waals surface area contributed by atoms with Crippen LogP contribution in [-0.2, 0) is 0 Å². The smallest absolute Gasteiger partial charge is 0.164 e. The normalized spacial score (nSPS) is 11.3. The zero-order chi connectivity index (χ0) is 32.6. The molecule has 0 spiro atoms. The van der Waals surface area contributed by atoms with Crippen molar-refractivity contribution in [3.05, 3.63) is 176 Å². The molecule has 49 heavy (non-hydrogen) atoms. The molecule has 0 unspecified atom stereocenters. The summed E-state index contributed by atoms with van der Waals surface area (Å²) in [6, 6.07) is 60.4. The van der Waals surface area contributed by atoms with Gasteiger partial charge in [0, 0.05) is 33.0 Å². The van der Waals surface area contributed by atoms with E-state index in [0.717, 1.165) is 72.0 Å². The Kier molecular flexibility index (Phi) is 7.10. The summed E-state index contributed by atoms with van der Waals surface area (Å²) >= 11 is 0. The molecule has 2 heterocycles. The fourth-order valence-electron chi connectivity index (χ4n) is 6.48. The van der Waals surface area contributed by atoms with Crippen LogP contribution in [-0.4, -0.2) is 15.0 Å². The Labute approximate surface area is 284 Å². The van der Waals surface area contributed by atoms with Gasteiger partial charge in [-0.1, -0.05) is 140 Å². The minimum absolute atomic E-state index is 0.602. The van der Waals surface area contributed by atoms with E-state index in [1.807, 2.05) is 60.7 Å². The van der Waals surface area contributed by atoms with Gasteiger partial charge < -0.3 is 4.42 Å². The van der Waals surface area contributed by atoms with Gasteiger partial charge in [-0.2, -0.15) is 0 Å². The first kappa shape index (κ1) is 28.6. The summed E-state index contributed by atoms with van der Waals surface area (Å²) in [6.45, 7) is 0. The van der Waals surface area contributed by atoms with Gasteiger partial charge in [0.15, 0.2) is 17.5 Å². The van der Waals surface area contributed by atoms with Gasteiger partial charge in [-0.3, -0.25) is 0 Å². The molecule has 9 aromatic rings. The van der Waals surface area contributed by atoms with E-state index < -0.39 is 0 Å². The molecule has 9 rings (SSSR count). The Bertz CT molecular complexity index is 2520. The number of aromatic nitrogens is 3. The summed E-state index contributed by atoms with van der Waals surface area (Å²) in [5.41, 5.74) is 11.1. The molecular formula is C45H29N3O. The fourth-order valence-corrected chi connectivity index (χ4v) is 6.48. The number of rotatable bonds is 6. The highest BCUT2D eigenvalue weighted by Gasteiger charge is 2.17. The highest BCUT2D eigenvalue weighted by molar-refractivity contribution is 6.10. The second-order valence-corrected chi connectivity index (χ2v) is 12.1. The molecular weight excluding hydrogens is 599 g/mol. The first-order valence-corrected chi connectivity index (χ1v) is 16.4. The standard InChI is InChI=1S/C45H29N3O/c1-5-14-30(15-6-1)35-26-36(31-16-7-2-8-17-31)28-37(27-35)45-47-43(33-20-11-4-12-21-33)46-44(48-45)34-24-25-41-40(29-34)39-23-13-22-38(42(39)49-41)32-18-9-3-10-19-32/h1-29H. The van der Waals surface area contributed by atoms with Gasteiger partial charge in [-0.15, -0.1) is 0 Å². The Morgan fingerprint density at radius 2 is 0.796 bits per heavy atom. The van der Waals surface area contributed by atoms with Crippen LogP contribution >= 0.6 is 0 Å². The van der Waals surface area contributed by atoms with Crippen molar-refractivity contribution in [2.45, 2.75) is 0 Å². The van der Waals surface area contributed by atoms with Crippen LogP contribution in [0.4, 0.5) is 0 Å². The molecule has 0 saturated carbocycles. The maximum absolute atomic E-state index is 6.47. The van der Waals surface area contributed by atoms with Gasteiger partial charge in [0.2, 0.25) is 0 Å². The van der Waals surface area contributed by atoms with Crippen molar-refractivity contribution in [1.29, 1.82) is 0 Å². The number of benzene rings is 7. The first-order valence-electron chi connectivity index (χ1n) is 16.4. The summed E-state index contributed by atoms with van der Waals surface area (Å²) in [5, 5.41) is 2.07. The lowest BCUT2D eigenvalue weighted by molar-refractivity contribution is 0.670. The number of para-hydroxylation sites is 1. The predicted octanol–water partition coefficient (Wildman–Crippen LogP) is 11.8. The lowest BCUT2D eigenvalue weighted by Crippen LogP contribution is -2.00. The van der Waals surface area contributed by atoms with Crippen LogP contribution in [0.15, 0.2) is 180 Å². The van der Waals surface area contributed by atoms with Crippen molar-refractivity contribution < 1.29 is 4.42 Å². The van der Waals surface area contributed by atoms with Gasteiger partial charge in [0.05, 0.1) is 0 Å². The molecule has 0 aliphatic carbocycles. The van der Waals surface area contributed by atoms with Crippen LogP contribution in [0.5, 0.6) is 0 Å². The van der Waals surface area contributed by atoms with Crippen LogP contribution in [0.2, 0.25) is 0 Å². The molecule has 2 aromatic heterocycles. The quantitative estimate of drug-likeness (QED) is 0.184. The van der Waals surface area contributed by atoms with Crippen LogP contribution in [0.1, 0.15) is 0 Å². The number of furan rings is 1. The zero-order valence-electron chi connectivity index (χ0n) is 26.5. The molecule has 0 atom stereocenters. The van der Waals surface area contributed by atoms with Crippen LogP contribution in [0.3, 0.4) is 0 Å². The van der Waals surface area contributed by atoms with Crippen molar-refractivity contribution in [3.8, 4) is 67.5 Å². The molecule has 0 fully saturated rings. The number of nitrogens with zero attached hydrogens (tertiary/aromatic N) is 3. The fraction of sp³-hybridized carbons (Fsp3) is 0. The summed E-state index contributed by atoms with van der Waals surface area (Å²) in [5.74, 6) is 1.84. The van der Waals surface area contributed by atoms with E-state index in [4.69, 9.17) is 19.4 Å². The third-order valence-corrected chi connectivity index (χ3v) is 8.91. The average Bonchev–Trinajstić information content (AvgIpc) is 3.57. The van der Waals surface area contributed by atoms with E-state index in [9.17, 15) is 0 Å². The summed E-state index contributed by atoms with van der Waals surface area (Å²) in [6.07, 6.45) is 0. The largest absolute Gasteiger partial charge is 0.455 e. The van der Waals surface area contributed by atoms with Crippen LogP contribution < -0.4 is 0 Å². The maximum atomic E-state index is 6.47. The van der Waals surface area contributed by atoms with Crippen molar-refractivity contribution in [2.75, 3.05) is 0 Å². The van der Waals surface area contributed by atoms with Crippen molar-refractivity contribution in [1.82, 2.24) is 15.0 Å². The third-order valence-electron chi connectivity index (χ3n) is 8.91. The molecule has 7 aromatic carbocycles. The highest BCUT2D eigenvalue weighted by atomic mass is 16.3. The Hall–Kier alpha value is -6.65. The summed E-state index contributed by atoms with van der Waals surface area (Å²) in [7, 11) is 0. The topological polar surface area (TPSA) is 51.8 Å². The zero-order valence-corrected chi connectivity index (χ0v) is 26.5. The van der Waals surface area contributed by atoms with Crippen molar-refractivity contribution >= 4 is 21.9 Å². The minimum Gasteiger partial charge on any atom is -0.455 e. The Balaban J connectivity index is 1.24. The van der Waals surface area contributed by atoms with Crippen LogP contribution in [0.25, 0.3) is 89.5 Å². The molecule has 0 amide bonds. The summed E-state index contributed by atoms with van der Waals surface area (Å²) < 4.78 is 6.47. The van der Waals surface area contributed by atoms with Gasteiger partial charge in [0.25, 0.3) is 0 Å². The Morgan fingerprint density at radius 1 is 0.306 bits per heavy atom. The SMILES string of the molecule is c1ccc(-c2cc(-c3ccccc3)cc(-c3nc(-c4ccccc4)nc(-c4ccc5oc6c(-c7ccccc7)cccc6c5c4)n3)c2)cc1. The van der Waals surface area contributed by atoms with E-state index >= 15 is 0 Å². The molecule has 0 saturated heterocycles. The van der Waals surface area contributed by atoms with E-state index in [2.05, 4.69) is 115 Å². The van der Waals surface area contributed by atoms with E-state index in [1.165, 1.54) is 0 Å². The lowest BCUT2D eigenvalue weighted by atomic mass is 9.96. The predicted molar refractivity (Wildman–Crippen MR) is 200 cm³/mol. The van der Waals surface area contributed by atoms with E-state index in [0.29, 0.717) is 17.5 Å². The average molecular weight is 628 g/mol. The number of fused-ring (bicyclic) bond motifs is 3. The molecule has 4 nitrogen and oxygen atoms in total. The molecule has 0 bridgehead atoms. The van der Waals surface area contributed by atoms with Crippen molar-refractivity contribution in [2.24, 2.45) is 0 Å². The summed E-state index contributed by atoms with van der Waals surface area (Å²) in [4.78, 5) is 15.3. The molecule has 0 radical (unpaired) electrons. The number of hydrogen-bond donors (Lipinski definition) is 0. The van der Waals surface area contributed by atoms with Crippen molar-refractivity contribution in [3.63, 3.8) is 0 Å².